The lowest BCUT2D eigenvalue weighted by molar-refractivity contribution is -0.00658. The van der Waals surface area contributed by atoms with Crippen LogP contribution in [0.5, 0.6) is 0 Å². The maximum absolute atomic E-state index is 9.67. The van der Waals surface area contributed by atoms with Crippen LogP contribution in [0.4, 0.5) is 0 Å². The van der Waals surface area contributed by atoms with E-state index in [2.05, 4.69) is 25.3 Å². The van der Waals surface area contributed by atoms with Gasteiger partial charge in [-0.3, -0.25) is 0 Å². The Labute approximate surface area is 136 Å². The number of unbranched alkanes of at least 4 members (excludes halogenated alkanes) is 4. The number of allylic oxidation sites excluding steroid dienone is 4. The summed E-state index contributed by atoms with van der Waals surface area (Å²) in [4.78, 5) is 0. The highest BCUT2D eigenvalue weighted by Crippen LogP contribution is 1.98. The summed E-state index contributed by atoms with van der Waals surface area (Å²) in [6, 6.07) is 0. The summed E-state index contributed by atoms with van der Waals surface area (Å²) in [5.74, 6) is 0. The quantitative estimate of drug-likeness (QED) is 0.343. The minimum atomic E-state index is -0.566. The zero-order valence-electron chi connectivity index (χ0n) is 13.8. The van der Waals surface area contributed by atoms with E-state index < -0.39 is 6.10 Å². The van der Waals surface area contributed by atoms with Crippen molar-refractivity contribution in [1.82, 2.24) is 0 Å². The first-order valence-electron chi connectivity index (χ1n) is 8.16. The number of rotatable bonds is 16. The van der Waals surface area contributed by atoms with Crippen molar-refractivity contribution in [3.05, 3.63) is 49.6 Å². The summed E-state index contributed by atoms with van der Waals surface area (Å²) in [6.45, 7) is 9.05. The number of hydrogen-bond acceptors (Lipinski definition) is 3. The molecule has 0 saturated heterocycles. The summed E-state index contributed by atoms with van der Waals surface area (Å²) >= 11 is 0. The van der Waals surface area contributed by atoms with E-state index in [1.54, 1.807) is 0 Å². The van der Waals surface area contributed by atoms with Crippen LogP contribution in [-0.2, 0) is 9.47 Å². The normalized spacial score (nSPS) is 11.7. The van der Waals surface area contributed by atoms with Gasteiger partial charge in [-0.25, -0.2) is 0 Å². The maximum Gasteiger partial charge on any atom is 0.101 e. The summed E-state index contributed by atoms with van der Waals surface area (Å²) in [7, 11) is 0. The van der Waals surface area contributed by atoms with Crippen LogP contribution in [-0.4, -0.2) is 37.6 Å². The average Bonchev–Trinajstić information content (AvgIpc) is 2.52. The lowest BCUT2D eigenvalue weighted by Crippen LogP contribution is -2.21. The van der Waals surface area contributed by atoms with Crippen molar-refractivity contribution >= 4 is 0 Å². The predicted octanol–water partition coefficient (Wildman–Crippen LogP) is 4.21. The van der Waals surface area contributed by atoms with Crippen LogP contribution >= 0.6 is 0 Å². The van der Waals surface area contributed by atoms with Gasteiger partial charge in [0, 0.05) is 0 Å². The molecule has 0 aliphatic carbocycles. The van der Waals surface area contributed by atoms with E-state index in [-0.39, 0.29) is 0 Å². The minimum Gasteiger partial charge on any atom is -0.388 e. The Kier molecular flexibility index (Phi) is 16.9. The SMILES string of the molecule is C=CCCC/C=C/COCC(O)COC/C=C/CCCC=C. The highest BCUT2D eigenvalue weighted by Gasteiger charge is 2.02. The molecule has 0 atom stereocenters. The molecule has 0 unspecified atom stereocenters. The van der Waals surface area contributed by atoms with Gasteiger partial charge in [-0.1, -0.05) is 36.5 Å². The van der Waals surface area contributed by atoms with Crippen LogP contribution in [0, 0.1) is 0 Å². The van der Waals surface area contributed by atoms with Gasteiger partial charge in [0.2, 0.25) is 0 Å². The lowest BCUT2D eigenvalue weighted by atomic mass is 10.2. The fraction of sp³-hybridized carbons (Fsp3) is 0.579. The van der Waals surface area contributed by atoms with Crippen LogP contribution in [0.3, 0.4) is 0 Å². The van der Waals surface area contributed by atoms with Crippen LogP contribution in [0.2, 0.25) is 0 Å². The smallest absolute Gasteiger partial charge is 0.101 e. The molecule has 22 heavy (non-hydrogen) atoms. The van der Waals surface area contributed by atoms with Gasteiger partial charge in [0.25, 0.3) is 0 Å². The first kappa shape index (κ1) is 20.8. The predicted molar refractivity (Wildman–Crippen MR) is 94.0 cm³/mol. The van der Waals surface area contributed by atoms with Crippen molar-refractivity contribution in [2.45, 2.75) is 44.6 Å². The Morgan fingerprint density at radius 1 is 0.727 bits per heavy atom. The Morgan fingerprint density at radius 3 is 1.59 bits per heavy atom. The van der Waals surface area contributed by atoms with Crippen LogP contribution in [0.1, 0.15) is 38.5 Å². The Morgan fingerprint density at radius 2 is 1.18 bits per heavy atom. The van der Waals surface area contributed by atoms with Gasteiger partial charge < -0.3 is 14.6 Å². The van der Waals surface area contributed by atoms with E-state index in [1.165, 1.54) is 0 Å². The second kappa shape index (κ2) is 17.9. The van der Waals surface area contributed by atoms with Crippen molar-refractivity contribution in [1.29, 1.82) is 0 Å². The topological polar surface area (TPSA) is 38.7 Å². The summed E-state index contributed by atoms with van der Waals surface area (Å²) in [5.41, 5.74) is 0. The standard InChI is InChI=1S/C19H32O3/c1-3-5-7-9-11-13-15-21-17-19(20)18-22-16-14-12-10-8-6-4-2/h3-4,11-14,19-20H,1-2,5-10,15-18H2/b13-11+,14-12+. The molecule has 0 radical (unpaired) electrons. The van der Waals surface area contributed by atoms with Crippen molar-refractivity contribution in [3.63, 3.8) is 0 Å². The highest BCUT2D eigenvalue weighted by atomic mass is 16.5. The Balaban J connectivity index is 3.33. The fourth-order valence-electron chi connectivity index (χ4n) is 1.72. The summed E-state index contributed by atoms with van der Waals surface area (Å²) in [6.07, 6.45) is 17.9. The van der Waals surface area contributed by atoms with Crippen LogP contribution < -0.4 is 0 Å². The molecule has 0 aliphatic rings. The molecule has 0 aliphatic heterocycles. The van der Waals surface area contributed by atoms with Crippen molar-refractivity contribution in [2.75, 3.05) is 26.4 Å². The second-order valence-electron chi connectivity index (χ2n) is 5.11. The van der Waals surface area contributed by atoms with Gasteiger partial charge in [0.05, 0.1) is 26.4 Å². The number of aliphatic hydroxyl groups is 1. The Bertz CT molecular complexity index is 278. The van der Waals surface area contributed by atoms with E-state index in [9.17, 15) is 5.11 Å². The molecule has 0 aromatic heterocycles. The van der Waals surface area contributed by atoms with E-state index >= 15 is 0 Å². The molecule has 0 saturated carbocycles. The maximum atomic E-state index is 9.67. The zero-order chi connectivity index (χ0) is 16.3. The van der Waals surface area contributed by atoms with Crippen LogP contribution in [0.15, 0.2) is 49.6 Å². The zero-order valence-corrected chi connectivity index (χ0v) is 13.8. The van der Waals surface area contributed by atoms with E-state index in [0.29, 0.717) is 26.4 Å². The monoisotopic (exact) mass is 308 g/mol. The molecule has 1 N–H and O–H groups in total. The number of ether oxygens (including phenoxy) is 2. The molecule has 0 bridgehead atoms. The molecule has 126 valence electrons. The fourth-order valence-corrected chi connectivity index (χ4v) is 1.72. The van der Waals surface area contributed by atoms with Gasteiger partial charge in [-0.15, -0.1) is 13.2 Å². The minimum absolute atomic E-state index is 0.306. The van der Waals surface area contributed by atoms with E-state index in [4.69, 9.17) is 9.47 Å². The summed E-state index contributed by atoms with van der Waals surface area (Å²) < 4.78 is 10.7. The molecule has 3 heteroatoms. The number of hydrogen-bond donors (Lipinski definition) is 1. The summed E-state index contributed by atoms with van der Waals surface area (Å²) in [5, 5.41) is 9.67. The molecule has 0 fully saturated rings. The van der Waals surface area contributed by atoms with Gasteiger partial charge in [0.1, 0.15) is 6.10 Å². The van der Waals surface area contributed by atoms with Crippen molar-refractivity contribution in [3.8, 4) is 0 Å². The van der Waals surface area contributed by atoms with Crippen molar-refractivity contribution in [2.24, 2.45) is 0 Å². The molecular formula is C19H32O3. The van der Waals surface area contributed by atoms with E-state index in [0.717, 1.165) is 38.5 Å². The highest BCUT2D eigenvalue weighted by molar-refractivity contribution is 4.83. The van der Waals surface area contributed by atoms with Gasteiger partial charge >= 0.3 is 0 Å². The molecule has 0 aromatic rings. The molecule has 0 spiro atoms. The lowest BCUT2D eigenvalue weighted by Gasteiger charge is -2.09. The van der Waals surface area contributed by atoms with Gasteiger partial charge in [-0.2, -0.15) is 0 Å². The molecule has 0 rings (SSSR count). The molecule has 0 heterocycles. The van der Waals surface area contributed by atoms with E-state index in [1.807, 2.05) is 24.3 Å². The number of aliphatic hydroxyl groups excluding tert-OH is 1. The first-order valence-corrected chi connectivity index (χ1v) is 8.16. The van der Waals surface area contributed by atoms with Gasteiger partial charge in [-0.05, 0) is 38.5 Å². The first-order chi connectivity index (χ1) is 10.8. The third-order valence-corrected chi connectivity index (χ3v) is 2.94. The van der Waals surface area contributed by atoms with Gasteiger partial charge in [0.15, 0.2) is 0 Å². The third kappa shape index (κ3) is 16.9. The third-order valence-electron chi connectivity index (χ3n) is 2.94. The van der Waals surface area contributed by atoms with Crippen molar-refractivity contribution < 1.29 is 14.6 Å². The largest absolute Gasteiger partial charge is 0.388 e. The molecule has 0 aromatic carbocycles. The second-order valence-corrected chi connectivity index (χ2v) is 5.11. The molecule has 3 nitrogen and oxygen atoms in total. The average molecular weight is 308 g/mol. The Hall–Kier alpha value is -1.16. The molecule has 0 amide bonds. The molecular weight excluding hydrogens is 276 g/mol. The van der Waals surface area contributed by atoms with Crippen LogP contribution in [0.25, 0.3) is 0 Å².